The second-order valence-corrected chi connectivity index (χ2v) is 6.77. The molecule has 3 rings (SSSR count). The summed E-state index contributed by atoms with van der Waals surface area (Å²) in [6.07, 6.45) is 1.17. The van der Waals surface area contributed by atoms with Gasteiger partial charge in [0.1, 0.15) is 17.8 Å². The fourth-order valence-electron chi connectivity index (χ4n) is 3.24. The molecule has 0 unspecified atom stereocenters. The van der Waals surface area contributed by atoms with Crippen molar-refractivity contribution < 1.29 is 28.5 Å². The second-order valence-electron chi connectivity index (χ2n) is 6.77. The zero-order valence-electron chi connectivity index (χ0n) is 16.8. The van der Waals surface area contributed by atoms with E-state index in [1.807, 2.05) is 18.2 Å². The molecule has 9 heteroatoms. The van der Waals surface area contributed by atoms with Crippen LogP contribution in [-0.4, -0.2) is 79.5 Å². The first-order chi connectivity index (χ1) is 14.1. The van der Waals surface area contributed by atoms with Gasteiger partial charge in [-0.15, -0.1) is 0 Å². The van der Waals surface area contributed by atoms with Crippen LogP contribution in [0.3, 0.4) is 0 Å². The number of oxazole rings is 1. The van der Waals surface area contributed by atoms with Gasteiger partial charge in [0.2, 0.25) is 5.89 Å². The molecule has 1 saturated heterocycles. The van der Waals surface area contributed by atoms with Crippen molar-refractivity contribution in [3.05, 3.63) is 41.6 Å². The van der Waals surface area contributed by atoms with Gasteiger partial charge in [0.05, 0.1) is 34.0 Å². The van der Waals surface area contributed by atoms with E-state index in [2.05, 4.69) is 14.8 Å². The summed E-state index contributed by atoms with van der Waals surface area (Å²) in [6.45, 7) is 5.87. The fourth-order valence-corrected chi connectivity index (χ4v) is 3.24. The molecule has 2 aromatic rings. The summed E-state index contributed by atoms with van der Waals surface area (Å²) in [7, 11) is 3.26. The minimum atomic E-state index is -1.10. The number of aromatic carboxylic acids is 1. The van der Waals surface area contributed by atoms with Crippen LogP contribution < -0.4 is 9.47 Å². The lowest BCUT2D eigenvalue weighted by molar-refractivity contribution is 0.0320. The standard InChI is InChI=1S/C20H27N3O6/c1-26-16-3-4-18(27-2)15(11-16)12-23(6-5-22-7-9-28-10-8-22)13-19-21-17(14-29-19)20(24)25/h3-4,11,14H,5-10,12-13H2,1-2H3,(H,24,25). The summed E-state index contributed by atoms with van der Waals surface area (Å²) < 4.78 is 21.6. The molecule has 1 aromatic heterocycles. The van der Waals surface area contributed by atoms with Crippen LogP contribution in [0.1, 0.15) is 21.9 Å². The highest BCUT2D eigenvalue weighted by Gasteiger charge is 2.18. The highest BCUT2D eigenvalue weighted by molar-refractivity contribution is 5.84. The predicted molar refractivity (Wildman–Crippen MR) is 104 cm³/mol. The lowest BCUT2D eigenvalue weighted by atomic mass is 10.1. The van der Waals surface area contributed by atoms with Gasteiger partial charge in [0.25, 0.3) is 0 Å². The first-order valence-corrected chi connectivity index (χ1v) is 9.50. The molecular weight excluding hydrogens is 378 g/mol. The highest BCUT2D eigenvalue weighted by atomic mass is 16.5. The Hall–Kier alpha value is -2.62. The maximum atomic E-state index is 11.1. The van der Waals surface area contributed by atoms with Crippen molar-refractivity contribution >= 4 is 5.97 Å². The van der Waals surface area contributed by atoms with Gasteiger partial charge in [-0.05, 0) is 18.2 Å². The molecule has 9 nitrogen and oxygen atoms in total. The first-order valence-electron chi connectivity index (χ1n) is 9.50. The van der Waals surface area contributed by atoms with E-state index in [0.717, 1.165) is 56.5 Å². The number of nitrogens with zero attached hydrogens (tertiary/aromatic N) is 3. The Balaban J connectivity index is 1.74. The maximum Gasteiger partial charge on any atom is 0.357 e. The molecule has 29 heavy (non-hydrogen) atoms. The Morgan fingerprint density at radius 2 is 2.03 bits per heavy atom. The Morgan fingerprint density at radius 1 is 1.24 bits per heavy atom. The molecule has 0 saturated carbocycles. The number of hydrogen-bond donors (Lipinski definition) is 1. The van der Waals surface area contributed by atoms with Gasteiger partial charge in [-0.2, -0.15) is 0 Å². The Labute approximate surface area is 169 Å². The van der Waals surface area contributed by atoms with Crippen molar-refractivity contribution in [2.75, 3.05) is 53.6 Å². The minimum absolute atomic E-state index is 0.0907. The third-order valence-corrected chi connectivity index (χ3v) is 4.85. The average Bonchev–Trinajstić information content (AvgIpc) is 3.21. The summed E-state index contributed by atoms with van der Waals surface area (Å²) in [5.74, 6) is 0.777. The van der Waals surface area contributed by atoms with Crippen molar-refractivity contribution in [1.82, 2.24) is 14.8 Å². The monoisotopic (exact) mass is 405 g/mol. The SMILES string of the molecule is COc1ccc(OC)c(CN(CCN2CCOCC2)Cc2nc(C(=O)O)co2)c1. The predicted octanol–water partition coefficient (Wildman–Crippen LogP) is 1.72. The molecule has 1 aliphatic rings. The van der Waals surface area contributed by atoms with E-state index in [0.29, 0.717) is 19.0 Å². The number of aromatic nitrogens is 1. The van der Waals surface area contributed by atoms with Gasteiger partial charge >= 0.3 is 5.97 Å². The summed E-state index contributed by atoms with van der Waals surface area (Å²) in [6, 6.07) is 5.68. The molecular formula is C20H27N3O6. The van der Waals surface area contributed by atoms with Crippen LogP contribution in [0.4, 0.5) is 0 Å². The highest BCUT2D eigenvalue weighted by Crippen LogP contribution is 2.26. The zero-order chi connectivity index (χ0) is 20.6. The van der Waals surface area contributed by atoms with E-state index in [1.165, 1.54) is 6.26 Å². The van der Waals surface area contributed by atoms with E-state index in [1.54, 1.807) is 14.2 Å². The maximum absolute atomic E-state index is 11.1. The second kappa shape index (κ2) is 10.2. The lowest BCUT2D eigenvalue weighted by Gasteiger charge is -2.30. The largest absolute Gasteiger partial charge is 0.497 e. The molecule has 0 aliphatic carbocycles. The normalized spacial score (nSPS) is 14.9. The topological polar surface area (TPSA) is 97.5 Å². The van der Waals surface area contributed by atoms with Crippen LogP contribution in [0.5, 0.6) is 11.5 Å². The zero-order valence-corrected chi connectivity index (χ0v) is 16.8. The molecule has 1 aromatic carbocycles. The van der Waals surface area contributed by atoms with E-state index >= 15 is 0 Å². The molecule has 0 spiro atoms. The van der Waals surface area contributed by atoms with E-state index in [4.69, 9.17) is 23.7 Å². The number of carbonyl (C=O) groups is 1. The van der Waals surface area contributed by atoms with Gasteiger partial charge in [-0.3, -0.25) is 9.80 Å². The molecule has 0 atom stereocenters. The van der Waals surface area contributed by atoms with Crippen molar-refractivity contribution in [1.29, 1.82) is 0 Å². The summed E-state index contributed by atoms with van der Waals surface area (Å²) >= 11 is 0. The molecule has 158 valence electrons. The Kier molecular flexibility index (Phi) is 7.45. The number of hydrogen-bond acceptors (Lipinski definition) is 8. The number of carboxylic acids is 1. The summed E-state index contributed by atoms with van der Waals surface area (Å²) in [5, 5.41) is 9.08. The van der Waals surface area contributed by atoms with E-state index in [9.17, 15) is 4.79 Å². The van der Waals surface area contributed by atoms with Crippen molar-refractivity contribution in [3.8, 4) is 11.5 Å². The molecule has 0 bridgehead atoms. The Bertz CT molecular complexity index is 803. The summed E-state index contributed by atoms with van der Waals surface area (Å²) in [4.78, 5) is 19.7. The average molecular weight is 405 g/mol. The van der Waals surface area contributed by atoms with Crippen LogP contribution in [0.25, 0.3) is 0 Å². The van der Waals surface area contributed by atoms with Gasteiger partial charge in [-0.1, -0.05) is 0 Å². The molecule has 2 heterocycles. The molecule has 0 radical (unpaired) electrons. The van der Waals surface area contributed by atoms with Crippen LogP contribution >= 0.6 is 0 Å². The number of methoxy groups -OCH3 is 2. The van der Waals surface area contributed by atoms with Gasteiger partial charge in [0, 0.05) is 38.3 Å². The summed E-state index contributed by atoms with van der Waals surface area (Å²) in [5.41, 5.74) is 0.880. The first kappa shape index (κ1) is 21.1. The number of ether oxygens (including phenoxy) is 3. The molecule has 1 aliphatic heterocycles. The van der Waals surface area contributed by atoms with Crippen LogP contribution in [0.15, 0.2) is 28.9 Å². The Morgan fingerprint density at radius 3 is 2.69 bits per heavy atom. The van der Waals surface area contributed by atoms with Crippen molar-refractivity contribution in [3.63, 3.8) is 0 Å². The number of carboxylic acid groups (broad SMARTS) is 1. The third kappa shape index (κ3) is 5.93. The van der Waals surface area contributed by atoms with Crippen LogP contribution in [0.2, 0.25) is 0 Å². The van der Waals surface area contributed by atoms with Gasteiger partial charge in [0.15, 0.2) is 5.69 Å². The fraction of sp³-hybridized carbons (Fsp3) is 0.500. The number of benzene rings is 1. The van der Waals surface area contributed by atoms with Crippen LogP contribution in [0, 0.1) is 0 Å². The minimum Gasteiger partial charge on any atom is -0.497 e. The van der Waals surface area contributed by atoms with Crippen LogP contribution in [-0.2, 0) is 17.8 Å². The van der Waals surface area contributed by atoms with E-state index < -0.39 is 5.97 Å². The van der Waals surface area contributed by atoms with Crippen molar-refractivity contribution in [2.45, 2.75) is 13.1 Å². The van der Waals surface area contributed by atoms with Crippen molar-refractivity contribution in [2.24, 2.45) is 0 Å². The number of morpholine rings is 1. The van der Waals surface area contributed by atoms with Gasteiger partial charge in [-0.25, -0.2) is 9.78 Å². The van der Waals surface area contributed by atoms with E-state index in [-0.39, 0.29) is 5.69 Å². The molecule has 0 amide bonds. The van der Waals surface area contributed by atoms with Gasteiger partial charge < -0.3 is 23.7 Å². The third-order valence-electron chi connectivity index (χ3n) is 4.85. The quantitative estimate of drug-likeness (QED) is 0.634. The smallest absolute Gasteiger partial charge is 0.357 e. The lowest BCUT2D eigenvalue weighted by Crippen LogP contribution is -2.41. The molecule has 1 fully saturated rings. The molecule has 1 N–H and O–H groups in total. The number of rotatable bonds is 10.